The van der Waals surface area contributed by atoms with Gasteiger partial charge in [0.15, 0.2) is 52.9 Å². The van der Waals surface area contributed by atoms with Crippen molar-refractivity contribution in [2.24, 2.45) is 0 Å². The predicted octanol–water partition coefficient (Wildman–Crippen LogP) is -3.07. The maximum Gasteiger partial charge on any atom is 0.344 e. The molecule has 0 fully saturated rings. The molecule has 0 saturated carbocycles. The van der Waals surface area contributed by atoms with E-state index in [1.165, 1.54) is 6.92 Å². The molecule has 0 aliphatic carbocycles. The average Bonchev–Trinajstić information content (AvgIpc) is 3.01. The van der Waals surface area contributed by atoms with Crippen molar-refractivity contribution >= 4 is 59.7 Å². The summed E-state index contributed by atoms with van der Waals surface area (Å²) >= 11 is 0. The molecular weight excluding hydrogens is 608 g/mol. The van der Waals surface area contributed by atoms with Gasteiger partial charge in [0.05, 0.1) is 0 Å². The van der Waals surface area contributed by atoms with Crippen LogP contribution in [0.25, 0.3) is 0 Å². The van der Waals surface area contributed by atoms with Gasteiger partial charge in [0.2, 0.25) is 0 Å². The molecule has 0 aromatic rings. The largest absolute Gasteiger partial charge is 0.460 e. The van der Waals surface area contributed by atoms with Gasteiger partial charge in [-0.25, -0.2) is 38.4 Å². The normalized spacial score (nSPS) is 9.77. The Morgan fingerprint density at radius 3 is 0.773 bits per heavy atom. The minimum Gasteiger partial charge on any atom is -0.460 e. The molecule has 2 radical (unpaired) electrons. The van der Waals surface area contributed by atoms with Crippen LogP contribution in [0.3, 0.4) is 0 Å². The van der Waals surface area contributed by atoms with Gasteiger partial charge in [-0.3, -0.25) is 9.59 Å². The lowest BCUT2D eigenvalue weighted by Crippen LogP contribution is -2.26. The summed E-state index contributed by atoms with van der Waals surface area (Å²) in [6.45, 7) is -1.42. The van der Waals surface area contributed by atoms with Crippen molar-refractivity contribution < 1.29 is 95.3 Å². The predicted molar refractivity (Wildman–Crippen MR) is 129 cm³/mol. The Kier molecular flexibility index (Phi) is 20.5. The fourth-order valence-electron chi connectivity index (χ4n) is 1.92. The number of hydrogen-bond acceptors (Lipinski definition) is 20. The smallest absolute Gasteiger partial charge is 0.344 e. The first kappa shape index (κ1) is 38.7. The lowest BCUT2D eigenvalue weighted by Gasteiger charge is -2.09. The molecule has 0 amide bonds. The standard InChI is InChI=1S/C24H28O20/c1-3-15(25)37-9-19(29)41-13-23(33)43-11-21(31)39-7-17(27)35-5-6-36-18(28)8-40-22(32)12-44-24(34)14-42-20(30)10-38-16(26)4-2/h1H,3-14H2,2H3. The van der Waals surface area contributed by atoms with Crippen LogP contribution < -0.4 is 0 Å². The van der Waals surface area contributed by atoms with E-state index in [9.17, 15) is 47.9 Å². The van der Waals surface area contributed by atoms with Gasteiger partial charge in [0, 0.05) is 12.8 Å². The van der Waals surface area contributed by atoms with Crippen LogP contribution in [0.4, 0.5) is 0 Å². The molecular formula is C24H28O20. The number of carbonyl (C=O) groups excluding carboxylic acids is 10. The van der Waals surface area contributed by atoms with E-state index < -0.39 is 132 Å². The summed E-state index contributed by atoms with van der Waals surface area (Å²) in [5, 5.41) is 0. The minimum atomic E-state index is -1.16. The summed E-state index contributed by atoms with van der Waals surface area (Å²) in [5.74, 6) is -10.3. The lowest BCUT2D eigenvalue weighted by molar-refractivity contribution is -0.171. The summed E-state index contributed by atoms with van der Waals surface area (Å²) in [5.41, 5.74) is 0. The van der Waals surface area contributed by atoms with Gasteiger partial charge < -0.3 is 47.4 Å². The highest BCUT2D eigenvalue weighted by Gasteiger charge is 2.16. The summed E-state index contributed by atoms with van der Waals surface area (Å²) in [4.78, 5) is 113. The van der Waals surface area contributed by atoms with Crippen molar-refractivity contribution in [3.8, 4) is 0 Å². The van der Waals surface area contributed by atoms with Crippen LogP contribution in [-0.4, -0.2) is 126 Å². The van der Waals surface area contributed by atoms with E-state index in [1.807, 2.05) is 0 Å². The van der Waals surface area contributed by atoms with E-state index in [-0.39, 0.29) is 6.42 Å². The second kappa shape index (κ2) is 23.3. The lowest BCUT2D eigenvalue weighted by atomic mass is 10.5. The number of esters is 10. The Labute approximate surface area is 248 Å². The Morgan fingerprint density at radius 2 is 0.545 bits per heavy atom. The topological polar surface area (TPSA) is 263 Å². The van der Waals surface area contributed by atoms with Gasteiger partial charge in [-0.15, -0.1) is 0 Å². The van der Waals surface area contributed by atoms with Crippen molar-refractivity contribution in [2.45, 2.75) is 19.8 Å². The van der Waals surface area contributed by atoms with E-state index in [2.05, 4.69) is 47.4 Å². The summed E-state index contributed by atoms with van der Waals surface area (Å²) in [6.07, 6.45) is -0.428. The Balaban J connectivity index is 3.88. The molecule has 0 rings (SSSR count). The first-order chi connectivity index (χ1) is 20.9. The van der Waals surface area contributed by atoms with Crippen molar-refractivity contribution in [3.63, 3.8) is 0 Å². The van der Waals surface area contributed by atoms with Crippen molar-refractivity contribution in [1.29, 1.82) is 0 Å². The van der Waals surface area contributed by atoms with Gasteiger partial charge >= 0.3 is 59.7 Å². The monoisotopic (exact) mass is 636 g/mol. The molecule has 0 aliphatic heterocycles. The zero-order valence-corrected chi connectivity index (χ0v) is 23.2. The van der Waals surface area contributed by atoms with Crippen LogP contribution in [0.1, 0.15) is 19.8 Å². The molecule has 0 bridgehead atoms. The van der Waals surface area contributed by atoms with Gasteiger partial charge in [-0.1, -0.05) is 6.92 Å². The molecule has 0 heterocycles. The van der Waals surface area contributed by atoms with Gasteiger partial charge in [-0.05, 0) is 6.92 Å². The number of rotatable bonds is 21. The second-order valence-electron chi connectivity index (χ2n) is 7.28. The van der Waals surface area contributed by atoms with E-state index in [1.54, 1.807) is 0 Å². The Hall–Kier alpha value is -5.30. The highest BCUT2D eigenvalue weighted by Crippen LogP contribution is 1.93. The van der Waals surface area contributed by atoms with Crippen LogP contribution in [0, 0.1) is 6.92 Å². The van der Waals surface area contributed by atoms with Crippen LogP contribution >= 0.6 is 0 Å². The minimum absolute atomic E-state index is 0.0351. The van der Waals surface area contributed by atoms with Crippen molar-refractivity contribution in [1.82, 2.24) is 0 Å². The highest BCUT2D eigenvalue weighted by atomic mass is 16.6. The SMILES string of the molecule is [CH]CC(=O)OCC(=O)OCC(=O)OCC(=O)OCC(=O)OCCOC(=O)COC(=O)COC(=O)COC(=O)COC(=O)CC. The van der Waals surface area contributed by atoms with Crippen LogP contribution in [0.15, 0.2) is 0 Å². The molecule has 20 nitrogen and oxygen atoms in total. The summed E-state index contributed by atoms with van der Waals surface area (Å²) in [7, 11) is 0. The van der Waals surface area contributed by atoms with Crippen molar-refractivity contribution in [3.05, 3.63) is 6.92 Å². The number of ether oxygens (including phenoxy) is 10. The Morgan fingerprint density at radius 1 is 0.341 bits per heavy atom. The zero-order chi connectivity index (χ0) is 33.3. The number of hydrogen-bond donors (Lipinski definition) is 0. The van der Waals surface area contributed by atoms with E-state index in [0.29, 0.717) is 0 Å². The maximum atomic E-state index is 11.5. The molecule has 0 aromatic heterocycles. The van der Waals surface area contributed by atoms with Crippen LogP contribution in [0.5, 0.6) is 0 Å². The second-order valence-corrected chi connectivity index (χ2v) is 7.28. The van der Waals surface area contributed by atoms with Gasteiger partial charge in [-0.2, -0.15) is 0 Å². The molecule has 0 atom stereocenters. The quantitative estimate of drug-likeness (QED) is 0.0687. The average molecular weight is 636 g/mol. The van der Waals surface area contributed by atoms with E-state index >= 15 is 0 Å². The van der Waals surface area contributed by atoms with Gasteiger partial charge in [0.1, 0.15) is 13.2 Å². The number of carbonyl (C=O) groups is 10. The molecule has 244 valence electrons. The van der Waals surface area contributed by atoms with Crippen LogP contribution in [0.2, 0.25) is 0 Å². The molecule has 0 spiro atoms. The van der Waals surface area contributed by atoms with E-state index in [4.69, 9.17) is 6.92 Å². The molecule has 0 saturated heterocycles. The third kappa shape index (κ3) is 22.4. The van der Waals surface area contributed by atoms with E-state index in [0.717, 1.165) is 0 Å². The summed E-state index contributed by atoms with van der Waals surface area (Å²) in [6, 6.07) is 0. The molecule has 0 aliphatic rings. The highest BCUT2D eigenvalue weighted by molar-refractivity contribution is 5.83. The molecule has 20 heteroatoms. The first-order valence-electron chi connectivity index (χ1n) is 12.1. The third-order valence-electron chi connectivity index (χ3n) is 3.87. The molecule has 0 aromatic carbocycles. The van der Waals surface area contributed by atoms with Crippen LogP contribution in [-0.2, 0) is 95.3 Å². The zero-order valence-electron chi connectivity index (χ0n) is 23.2. The fraction of sp³-hybridized carbons (Fsp3) is 0.542. The Bertz CT molecular complexity index is 964. The fourth-order valence-corrected chi connectivity index (χ4v) is 1.92. The molecule has 0 unspecified atom stereocenters. The van der Waals surface area contributed by atoms with Gasteiger partial charge in [0.25, 0.3) is 0 Å². The first-order valence-corrected chi connectivity index (χ1v) is 12.1. The maximum absolute atomic E-state index is 11.5. The molecule has 44 heavy (non-hydrogen) atoms. The van der Waals surface area contributed by atoms with Crippen molar-refractivity contribution in [2.75, 3.05) is 66.1 Å². The summed E-state index contributed by atoms with van der Waals surface area (Å²) < 4.78 is 44.8. The molecule has 0 N–H and O–H groups in total. The third-order valence-corrected chi connectivity index (χ3v) is 3.87.